The fourth-order valence-electron chi connectivity index (χ4n) is 1.39. The number of hydrogen-bond donors (Lipinski definition) is 0. The van der Waals surface area contributed by atoms with Crippen LogP contribution in [0.2, 0.25) is 0 Å². The summed E-state index contributed by atoms with van der Waals surface area (Å²) in [6.07, 6.45) is 0.882. The normalized spacial score (nSPS) is 10.6. The zero-order valence-electron chi connectivity index (χ0n) is 8.83. The Labute approximate surface area is 107 Å². The van der Waals surface area contributed by atoms with Gasteiger partial charge < -0.3 is 9.15 Å². The molecule has 16 heavy (non-hydrogen) atoms. The standard InChI is InChI=1S/C12H11IO3/c1-2-7-15-12-10(13)11(14)8-5-3-4-6-9(8)16-12/h3-6H,2,7H2,1H3. The van der Waals surface area contributed by atoms with Crippen molar-refractivity contribution in [1.82, 2.24) is 0 Å². The van der Waals surface area contributed by atoms with Crippen LogP contribution in [-0.4, -0.2) is 6.61 Å². The molecule has 0 fully saturated rings. The van der Waals surface area contributed by atoms with Gasteiger partial charge in [-0.2, -0.15) is 0 Å². The molecule has 0 saturated heterocycles. The van der Waals surface area contributed by atoms with Crippen LogP contribution in [-0.2, 0) is 0 Å². The summed E-state index contributed by atoms with van der Waals surface area (Å²) in [5.41, 5.74) is 0.535. The summed E-state index contributed by atoms with van der Waals surface area (Å²) in [4.78, 5) is 12.0. The van der Waals surface area contributed by atoms with E-state index in [9.17, 15) is 4.79 Å². The number of para-hydroxylation sites is 1. The average molecular weight is 330 g/mol. The van der Waals surface area contributed by atoms with Gasteiger partial charge in [-0.1, -0.05) is 19.1 Å². The zero-order chi connectivity index (χ0) is 11.5. The maximum atomic E-state index is 12.0. The van der Waals surface area contributed by atoms with Gasteiger partial charge >= 0.3 is 5.95 Å². The SMILES string of the molecule is CCCOc1oc2ccccc2c(=O)c1I. The molecule has 0 unspecified atom stereocenters. The van der Waals surface area contributed by atoms with Gasteiger partial charge in [0.15, 0.2) is 0 Å². The summed E-state index contributed by atoms with van der Waals surface area (Å²) in [7, 11) is 0. The molecule has 1 heterocycles. The first-order valence-electron chi connectivity index (χ1n) is 5.08. The third-order valence-electron chi connectivity index (χ3n) is 2.15. The smallest absolute Gasteiger partial charge is 0.302 e. The van der Waals surface area contributed by atoms with Crippen LogP contribution in [0.15, 0.2) is 33.5 Å². The Morgan fingerprint density at radius 3 is 2.88 bits per heavy atom. The van der Waals surface area contributed by atoms with Crippen molar-refractivity contribution in [1.29, 1.82) is 0 Å². The van der Waals surface area contributed by atoms with Gasteiger partial charge in [0.05, 0.1) is 12.0 Å². The van der Waals surface area contributed by atoms with Gasteiger partial charge in [0.25, 0.3) is 0 Å². The molecule has 0 bridgehead atoms. The minimum atomic E-state index is -0.0337. The number of hydrogen-bond acceptors (Lipinski definition) is 3. The Bertz CT molecular complexity index is 560. The maximum Gasteiger partial charge on any atom is 0.302 e. The van der Waals surface area contributed by atoms with E-state index in [1.54, 1.807) is 12.1 Å². The molecule has 0 atom stereocenters. The molecule has 3 nitrogen and oxygen atoms in total. The van der Waals surface area contributed by atoms with Gasteiger partial charge in [-0.15, -0.1) is 0 Å². The first-order valence-corrected chi connectivity index (χ1v) is 6.16. The summed E-state index contributed by atoms with van der Waals surface area (Å²) < 4.78 is 11.5. The molecular formula is C12H11IO3. The van der Waals surface area contributed by atoms with Crippen LogP contribution in [0, 0.1) is 3.57 Å². The van der Waals surface area contributed by atoms with Crippen LogP contribution in [0.1, 0.15) is 13.3 Å². The van der Waals surface area contributed by atoms with Crippen molar-refractivity contribution in [2.45, 2.75) is 13.3 Å². The van der Waals surface area contributed by atoms with Gasteiger partial charge in [-0.3, -0.25) is 4.79 Å². The Morgan fingerprint density at radius 1 is 1.38 bits per heavy atom. The van der Waals surface area contributed by atoms with Gasteiger partial charge in [-0.25, -0.2) is 0 Å². The Hall–Kier alpha value is -1.04. The van der Waals surface area contributed by atoms with Gasteiger partial charge in [0.1, 0.15) is 9.15 Å². The summed E-state index contributed by atoms with van der Waals surface area (Å²) in [6.45, 7) is 2.56. The highest BCUT2D eigenvalue weighted by atomic mass is 127. The maximum absolute atomic E-state index is 12.0. The molecule has 1 aromatic carbocycles. The van der Waals surface area contributed by atoms with E-state index in [0.29, 0.717) is 27.1 Å². The molecule has 84 valence electrons. The molecule has 0 aliphatic heterocycles. The predicted octanol–water partition coefficient (Wildman–Crippen LogP) is 3.19. The second-order valence-corrected chi connectivity index (χ2v) is 4.46. The van der Waals surface area contributed by atoms with Crippen LogP contribution in [0.3, 0.4) is 0 Å². The molecule has 0 amide bonds. The fraction of sp³-hybridized carbons (Fsp3) is 0.250. The van der Waals surface area contributed by atoms with E-state index in [1.807, 2.05) is 41.6 Å². The minimum absolute atomic E-state index is 0.0337. The molecule has 0 spiro atoms. The lowest BCUT2D eigenvalue weighted by Crippen LogP contribution is -2.09. The zero-order valence-corrected chi connectivity index (χ0v) is 11.0. The molecule has 0 saturated carbocycles. The van der Waals surface area contributed by atoms with Crippen molar-refractivity contribution < 1.29 is 9.15 Å². The monoisotopic (exact) mass is 330 g/mol. The quantitative estimate of drug-likeness (QED) is 0.812. The predicted molar refractivity (Wildman–Crippen MR) is 71.0 cm³/mol. The Kier molecular flexibility index (Phi) is 3.48. The van der Waals surface area contributed by atoms with E-state index < -0.39 is 0 Å². The lowest BCUT2D eigenvalue weighted by molar-refractivity contribution is 0.243. The van der Waals surface area contributed by atoms with E-state index in [2.05, 4.69) is 0 Å². The summed E-state index contributed by atoms with van der Waals surface area (Å²) >= 11 is 1.96. The van der Waals surface area contributed by atoms with E-state index in [-0.39, 0.29) is 5.43 Å². The van der Waals surface area contributed by atoms with E-state index >= 15 is 0 Å². The molecule has 1 aromatic heterocycles. The molecule has 0 aliphatic carbocycles. The average Bonchev–Trinajstić information content (AvgIpc) is 2.32. The second-order valence-electron chi connectivity index (χ2n) is 3.38. The molecule has 2 rings (SSSR count). The third-order valence-corrected chi connectivity index (χ3v) is 3.08. The molecule has 2 aromatic rings. The minimum Gasteiger partial charge on any atom is -0.464 e. The van der Waals surface area contributed by atoms with Crippen molar-refractivity contribution in [2.75, 3.05) is 6.61 Å². The van der Waals surface area contributed by atoms with Gasteiger partial charge in [-0.05, 0) is 41.1 Å². The first kappa shape index (κ1) is 11.4. The number of ether oxygens (including phenoxy) is 1. The van der Waals surface area contributed by atoms with Crippen LogP contribution in [0.5, 0.6) is 5.95 Å². The number of fused-ring (bicyclic) bond motifs is 1. The highest BCUT2D eigenvalue weighted by Gasteiger charge is 2.12. The number of halogens is 1. The number of rotatable bonds is 3. The molecule has 4 heteroatoms. The summed E-state index contributed by atoms with van der Waals surface area (Å²) in [5.74, 6) is 0.325. The van der Waals surface area contributed by atoms with Crippen molar-refractivity contribution in [3.63, 3.8) is 0 Å². The lowest BCUT2D eigenvalue weighted by Gasteiger charge is -2.06. The molecular weight excluding hydrogens is 319 g/mol. The van der Waals surface area contributed by atoms with Gasteiger partial charge in [0.2, 0.25) is 5.43 Å². The van der Waals surface area contributed by atoms with E-state index in [4.69, 9.17) is 9.15 Å². The van der Waals surface area contributed by atoms with Crippen LogP contribution < -0.4 is 10.2 Å². The van der Waals surface area contributed by atoms with Crippen molar-refractivity contribution >= 4 is 33.6 Å². The van der Waals surface area contributed by atoms with Crippen molar-refractivity contribution in [3.05, 3.63) is 38.1 Å². The molecule has 0 N–H and O–H groups in total. The third kappa shape index (κ3) is 2.07. The Balaban J connectivity index is 2.60. The van der Waals surface area contributed by atoms with Crippen LogP contribution in [0.25, 0.3) is 11.0 Å². The largest absolute Gasteiger partial charge is 0.464 e. The second kappa shape index (κ2) is 4.86. The topological polar surface area (TPSA) is 39.4 Å². The Morgan fingerprint density at radius 2 is 2.12 bits per heavy atom. The van der Waals surface area contributed by atoms with Crippen molar-refractivity contribution in [2.24, 2.45) is 0 Å². The molecule has 0 aliphatic rings. The summed E-state index contributed by atoms with van der Waals surface area (Å²) in [6, 6.07) is 7.18. The fourth-order valence-corrected chi connectivity index (χ4v) is 1.94. The number of benzene rings is 1. The van der Waals surface area contributed by atoms with E-state index in [0.717, 1.165) is 6.42 Å². The van der Waals surface area contributed by atoms with E-state index in [1.165, 1.54) is 0 Å². The highest BCUT2D eigenvalue weighted by molar-refractivity contribution is 14.1. The van der Waals surface area contributed by atoms with Crippen LogP contribution >= 0.6 is 22.6 Å². The molecule has 0 radical (unpaired) electrons. The first-order chi connectivity index (χ1) is 7.74. The summed E-state index contributed by atoms with van der Waals surface area (Å²) in [5, 5.41) is 0.593. The lowest BCUT2D eigenvalue weighted by atomic mass is 10.2. The highest BCUT2D eigenvalue weighted by Crippen LogP contribution is 2.23. The van der Waals surface area contributed by atoms with Crippen molar-refractivity contribution in [3.8, 4) is 5.95 Å². The van der Waals surface area contributed by atoms with Gasteiger partial charge in [0, 0.05) is 0 Å². The van der Waals surface area contributed by atoms with Crippen LogP contribution in [0.4, 0.5) is 0 Å².